The van der Waals surface area contributed by atoms with E-state index in [4.69, 9.17) is 11.6 Å². The molecule has 0 amide bonds. The van der Waals surface area contributed by atoms with Crippen molar-refractivity contribution in [3.63, 3.8) is 0 Å². The third-order valence-corrected chi connectivity index (χ3v) is 3.19. The van der Waals surface area contributed by atoms with E-state index in [1.54, 1.807) is 0 Å². The van der Waals surface area contributed by atoms with Crippen LogP contribution in [0.3, 0.4) is 0 Å². The van der Waals surface area contributed by atoms with Crippen molar-refractivity contribution in [2.75, 3.05) is 25.8 Å². The summed E-state index contributed by atoms with van der Waals surface area (Å²) < 4.78 is 23.0. The van der Waals surface area contributed by atoms with E-state index in [9.17, 15) is 8.42 Å². The molecule has 0 unspecified atom stereocenters. The molecule has 0 atom stereocenters. The normalized spacial score (nSPS) is 12.4. The third kappa shape index (κ3) is 3.91. The number of alkyl halides is 1. The molecule has 11 heavy (non-hydrogen) atoms. The highest BCUT2D eigenvalue weighted by atomic mass is 35.5. The van der Waals surface area contributed by atoms with Gasteiger partial charge in [0.25, 0.3) is 0 Å². The van der Waals surface area contributed by atoms with Crippen LogP contribution in [0.1, 0.15) is 6.42 Å². The van der Waals surface area contributed by atoms with Crippen molar-refractivity contribution in [2.45, 2.75) is 6.42 Å². The molecule has 0 aliphatic carbocycles. The second-order valence-corrected chi connectivity index (χ2v) is 4.42. The number of rotatable bonds is 5. The standard InChI is InChI=1S/C5H12ClNO3S/c1-7(10-2)11(8,9)5-3-4-6/h3-5H2,1-2H3. The monoisotopic (exact) mass is 201 g/mol. The lowest BCUT2D eigenvalue weighted by atomic mass is 10.6. The smallest absolute Gasteiger partial charge is 0.235 e. The van der Waals surface area contributed by atoms with Gasteiger partial charge in [-0.25, -0.2) is 8.42 Å². The molecule has 0 bridgehead atoms. The Hall–Kier alpha value is 0.160. The van der Waals surface area contributed by atoms with E-state index in [0.717, 1.165) is 4.47 Å². The van der Waals surface area contributed by atoms with Gasteiger partial charge >= 0.3 is 0 Å². The van der Waals surface area contributed by atoms with Crippen LogP contribution in [0.2, 0.25) is 0 Å². The molecule has 0 rings (SSSR count). The lowest BCUT2D eigenvalue weighted by Gasteiger charge is -2.12. The van der Waals surface area contributed by atoms with Gasteiger partial charge in [-0.2, -0.15) is 0 Å². The molecule has 68 valence electrons. The van der Waals surface area contributed by atoms with E-state index in [0.29, 0.717) is 12.3 Å². The van der Waals surface area contributed by atoms with E-state index >= 15 is 0 Å². The fourth-order valence-electron chi connectivity index (χ4n) is 0.479. The molecule has 0 aromatic heterocycles. The Morgan fingerprint density at radius 3 is 2.45 bits per heavy atom. The molecule has 0 fully saturated rings. The molecule has 6 heteroatoms. The van der Waals surface area contributed by atoms with Gasteiger partial charge in [-0.1, -0.05) is 4.47 Å². The highest BCUT2D eigenvalue weighted by Gasteiger charge is 2.15. The number of hydroxylamine groups is 1. The Morgan fingerprint density at radius 2 is 2.09 bits per heavy atom. The molecule has 0 aliphatic heterocycles. The first-order chi connectivity index (χ1) is 5.04. The van der Waals surface area contributed by atoms with Gasteiger partial charge < -0.3 is 0 Å². The maximum absolute atomic E-state index is 11.1. The first kappa shape index (κ1) is 11.2. The average Bonchev–Trinajstić information content (AvgIpc) is 1.99. The van der Waals surface area contributed by atoms with Crippen LogP contribution in [0.4, 0.5) is 0 Å². The summed E-state index contributed by atoms with van der Waals surface area (Å²) in [7, 11) is -0.591. The van der Waals surface area contributed by atoms with Crippen LogP contribution < -0.4 is 0 Å². The van der Waals surface area contributed by atoms with Gasteiger partial charge in [0.2, 0.25) is 10.0 Å². The van der Waals surface area contributed by atoms with Gasteiger partial charge in [-0.3, -0.25) is 4.84 Å². The van der Waals surface area contributed by atoms with Crippen molar-refractivity contribution >= 4 is 21.6 Å². The molecule has 0 N–H and O–H groups in total. The van der Waals surface area contributed by atoms with Crippen LogP contribution in [0, 0.1) is 0 Å². The van der Waals surface area contributed by atoms with Crippen molar-refractivity contribution in [2.24, 2.45) is 0 Å². The first-order valence-electron chi connectivity index (χ1n) is 3.11. The molecule has 0 aromatic rings. The summed E-state index contributed by atoms with van der Waals surface area (Å²) in [5, 5.41) is 0. The minimum absolute atomic E-state index is 0.0286. The fourth-order valence-corrected chi connectivity index (χ4v) is 1.76. The molecule has 0 saturated carbocycles. The van der Waals surface area contributed by atoms with Crippen molar-refractivity contribution in [3.8, 4) is 0 Å². The Labute approximate surface area is 72.1 Å². The van der Waals surface area contributed by atoms with Gasteiger partial charge in [0.15, 0.2) is 0 Å². The summed E-state index contributed by atoms with van der Waals surface area (Å²) >= 11 is 5.33. The maximum Gasteiger partial charge on any atom is 0.235 e. The zero-order chi connectivity index (χ0) is 8.91. The zero-order valence-corrected chi connectivity index (χ0v) is 8.15. The molecular formula is C5H12ClNO3S. The molecule has 0 aromatic carbocycles. The highest BCUT2D eigenvalue weighted by Crippen LogP contribution is 2.00. The molecule has 4 nitrogen and oxygen atoms in total. The number of hydrogen-bond donors (Lipinski definition) is 0. The van der Waals surface area contributed by atoms with Gasteiger partial charge in [0.05, 0.1) is 12.9 Å². The Bertz CT molecular complexity index is 192. The number of halogens is 1. The van der Waals surface area contributed by atoms with Crippen LogP contribution in [0.5, 0.6) is 0 Å². The van der Waals surface area contributed by atoms with Crippen LogP contribution in [-0.4, -0.2) is 38.7 Å². The second-order valence-electron chi connectivity index (χ2n) is 1.95. The maximum atomic E-state index is 11.1. The van der Waals surface area contributed by atoms with Crippen molar-refractivity contribution in [1.82, 2.24) is 4.47 Å². The first-order valence-corrected chi connectivity index (χ1v) is 5.25. The van der Waals surface area contributed by atoms with E-state index in [1.807, 2.05) is 0 Å². The summed E-state index contributed by atoms with van der Waals surface area (Å²) in [5.41, 5.74) is 0. The van der Waals surface area contributed by atoms with Crippen LogP contribution in [0.15, 0.2) is 0 Å². The van der Waals surface area contributed by atoms with Gasteiger partial charge in [-0.15, -0.1) is 11.6 Å². The van der Waals surface area contributed by atoms with Crippen molar-refractivity contribution in [3.05, 3.63) is 0 Å². The van der Waals surface area contributed by atoms with Crippen LogP contribution in [-0.2, 0) is 14.9 Å². The summed E-state index contributed by atoms with van der Waals surface area (Å²) in [6, 6.07) is 0. The predicted molar refractivity (Wildman–Crippen MR) is 43.9 cm³/mol. The third-order valence-electron chi connectivity index (χ3n) is 1.18. The van der Waals surface area contributed by atoms with Gasteiger partial charge in [0.1, 0.15) is 0 Å². The molecule has 0 heterocycles. The Balaban J connectivity index is 4.01. The fraction of sp³-hybridized carbons (Fsp3) is 1.00. The molecule has 0 aliphatic rings. The minimum atomic E-state index is -3.25. The van der Waals surface area contributed by atoms with E-state index in [1.165, 1.54) is 14.2 Å². The lowest BCUT2D eigenvalue weighted by Crippen LogP contribution is -2.28. The van der Waals surface area contributed by atoms with Gasteiger partial charge in [-0.05, 0) is 6.42 Å². The SMILES string of the molecule is CON(C)S(=O)(=O)CCCCl. The zero-order valence-electron chi connectivity index (χ0n) is 6.58. The van der Waals surface area contributed by atoms with Gasteiger partial charge in [0, 0.05) is 12.9 Å². The summed E-state index contributed by atoms with van der Waals surface area (Å²) in [6.45, 7) is 0. The second kappa shape index (κ2) is 4.92. The topological polar surface area (TPSA) is 46.6 Å². The summed E-state index contributed by atoms with van der Waals surface area (Å²) in [6.07, 6.45) is 0.442. The van der Waals surface area contributed by atoms with E-state index in [-0.39, 0.29) is 5.75 Å². The van der Waals surface area contributed by atoms with Crippen molar-refractivity contribution < 1.29 is 13.3 Å². The van der Waals surface area contributed by atoms with Crippen LogP contribution in [0.25, 0.3) is 0 Å². The highest BCUT2D eigenvalue weighted by molar-refractivity contribution is 7.88. The summed E-state index contributed by atoms with van der Waals surface area (Å²) in [4.78, 5) is 4.51. The Kier molecular flexibility index (Phi) is 4.99. The largest absolute Gasteiger partial charge is 0.288 e. The van der Waals surface area contributed by atoms with E-state index < -0.39 is 10.0 Å². The molecular weight excluding hydrogens is 190 g/mol. The number of sulfonamides is 1. The number of nitrogens with zero attached hydrogens (tertiary/aromatic N) is 1. The van der Waals surface area contributed by atoms with Crippen LogP contribution >= 0.6 is 11.6 Å². The minimum Gasteiger partial charge on any atom is -0.288 e. The van der Waals surface area contributed by atoms with Crippen molar-refractivity contribution in [1.29, 1.82) is 0 Å². The molecule has 0 radical (unpaired) electrons. The average molecular weight is 202 g/mol. The van der Waals surface area contributed by atoms with E-state index in [2.05, 4.69) is 4.84 Å². The Morgan fingerprint density at radius 1 is 1.55 bits per heavy atom. The summed E-state index contributed by atoms with van der Waals surface area (Å²) in [5.74, 6) is 0.373. The number of hydrogen-bond acceptors (Lipinski definition) is 3. The predicted octanol–water partition coefficient (Wildman–Crippen LogP) is 0.438. The lowest BCUT2D eigenvalue weighted by molar-refractivity contribution is -0.0258. The quantitative estimate of drug-likeness (QED) is 0.479. The molecule has 0 saturated heterocycles. The molecule has 0 spiro atoms.